The first-order valence-corrected chi connectivity index (χ1v) is 8.36. The summed E-state index contributed by atoms with van der Waals surface area (Å²) in [5.41, 5.74) is 1.21. The Morgan fingerprint density at radius 1 is 1.36 bits per heavy atom. The van der Waals surface area contributed by atoms with Gasteiger partial charge in [-0.3, -0.25) is 14.9 Å². The third-order valence-electron chi connectivity index (χ3n) is 4.73. The van der Waals surface area contributed by atoms with Gasteiger partial charge in [0.25, 0.3) is 5.69 Å². The fraction of sp³-hybridized carbons (Fsp3) is 0.389. The summed E-state index contributed by atoms with van der Waals surface area (Å²) in [7, 11) is 0. The van der Waals surface area contributed by atoms with Crippen molar-refractivity contribution in [2.45, 2.75) is 32.6 Å². The number of carbonyl (C=O) groups is 1. The Bertz CT molecular complexity index is 867. The van der Waals surface area contributed by atoms with Crippen LogP contribution in [0.4, 0.5) is 5.69 Å². The third kappa shape index (κ3) is 2.94. The highest BCUT2D eigenvalue weighted by atomic mass is 32.1. The number of nitrogens with zero attached hydrogens (tertiary/aromatic N) is 2. The first kappa shape index (κ1) is 17.2. The summed E-state index contributed by atoms with van der Waals surface area (Å²) in [5.74, 6) is -1.59. The van der Waals surface area contributed by atoms with Crippen molar-refractivity contribution in [2.75, 3.05) is 0 Å². The van der Waals surface area contributed by atoms with Crippen molar-refractivity contribution >= 4 is 28.7 Å². The van der Waals surface area contributed by atoms with Crippen LogP contribution in [0.1, 0.15) is 38.2 Å². The molecule has 2 aliphatic rings. The minimum atomic E-state index is -0.806. The van der Waals surface area contributed by atoms with E-state index in [1.807, 2.05) is 13.8 Å². The maximum Gasteiger partial charge on any atom is 0.273 e. The van der Waals surface area contributed by atoms with E-state index in [0.29, 0.717) is 34.7 Å². The molecule has 0 fully saturated rings. The summed E-state index contributed by atoms with van der Waals surface area (Å²) in [6.45, 7) is 3.99. The van der Waals surface area contributed by atoms with Gasteiger partial charge in [-0.15, -0.1) is 0 Å². The zero-order chi connectivity index (χ0) is 18.4. The number of rotatable bonds is 2. The number of thiocarbonyl (C=S) groups is 1. The lowest BCUT2D eigenvalue weighted by molar-refractivity contribution is -0.385. The van der Waals surface area contributed by atoms with Crippen molar-refractivity contribution in [1.82, 2.24) is 5.32 Å². The molecule has 1 aromatic rings. The van der Waals surface area contributed by atoms with Gasteiger partial charge >= 0.3 is 0 Å². The molecule has 0 aromatic heterocycles. The monoisotopic (exact) mass is 355 g/mol. The smallest absolute Gasteiger partial charge is 0.273 e. The van der Waals surface area contributed by atoms with Crippen LogP contribution in [0.25, 0.3) is 0 Å². The normalized spacial score (nSPS) is 25.0. The zero-order valence-corrected chi connectivity index (χ0v) is 14.7. The van der Waals surface area contributed by atoms with Crippen molar-refractivity contribution in [3.05, 3.63) is 51.2 Å². The lowest BCUT2D eigenvalue weighted by Crippen LogP contribution is -2.44. The van der Waals surface area contributed by atoms with Gasteiger partial charge in [0.05, 0.1) is 16.0 Å². The van der Waals surface area contributed by atoms with Crippen LogP contribution in [0.15, 0.2) is 35.5 Å². The van der Waals surface area contributed by atoms with Crippen LogP contribution in [0.5, 0.6) is 0 Å². The van der Waals surface area contributed by atoms with Crippen LogP contribution in [-0.2, 0) is 4.79 Å². The molecule has 1 aromatic carbocycles. The number of nitro benzene ring substituents is 1. The Morgan fingerprint density at radius 3 is 2.68 bits per heavy atom. The highest BCUT2D eigenvalue weighted by molar-refractivity contribution is 7.80. The molecule has 0 amide bonds. The Hall–Kier alpha value is -2.59. The number of hydrogen-bond acceptors (Lipinski definition) is 5. The average Bonchev–Trinajstić information content (AvgIpc) is 2.52. The van der Waals surface area contributed by atoms with E-state index >= 15 is 0 Å². The molecule has 0 radical (unpaired) electrons. The van der Waals surface area contributed by atoms with Crippen LogP contribution in [-0.4, -0.2) is 15.7 Å². The molecule has 0 saturated carbocycles. The van der Waals surface area contributed by atoms with Crippen LogP contribution >= 0.6 is 12.2 Å². The van der Waals surface area contributed by atoms with E-state index < -0.39 is 16.8 Å². The number of para-hydroxylation sites is 1. The molecule has 1 heterocycles. The quantitative estimate of drug-likeness (QED) is 0.496. The number of allylic oxidation sites excluding steroid dienone is 2. The van der Waals surface area contributed by atoms with Gasteiger partial charge in [0.2, 0.25) is 0 Å². The first-order valence-electron chi connectivity index (χ1n) is 7.95. The highest BCUT2D eigenvalue weighted by Gasteiger charge is 2.46. The summed E-state index contributed by atoms with van der Waals surface area (Å²) in [6, 6.07) is 8.39. The molecule has 1 aliphatic heterocycles. The largest absolute Gasteiger partial charge is 0.352 e. The second-order valence-corrected chi connectivity index (χ2v) is 7.66. The number of ketones is 1. The molecule has 1 N–H and O–H groups in total. The van der Waals surface area contributed by atoms with Crippen molar-refractivity contribution in [1.29, 1.82) is 5.26 Å². The number of carbonyl (C=O) groups excluding carboxylic acids is 1. The van der Waals surface area contributed by atoms with Crippen LogP contribution in [0.3, 0.4) is 0 Å². The molecule has 6 nitrogen and oxygen atoms in total. The number of nitriles is 1. The fourth-order valence-corrected chi connectivity index (χ4v) is 4.05. The summed E-state index contributed by atoms with van der Waals surface area (Å²) >= 11 is 5.35. The molecule has 0 bridgehead atoms. The van der Waals surface area contributed by atoms with Crippen molar-refractivity contribution in [3.63, 3.8) is 0 Å². The molecule has 0 saturated heterocycles. The molecule has 0 unspecified atom stereocenters. The minimum Gasteiger partial charge on any atom is -0.352 e. The lowest BCUT2D eigenvalue weighted by Gasteiger charge is -2.40. The van der Waals surface area contributed by atoms with Gasteiger partial charge in [-0.25, -0.2) is 0 Å². The molecule has 7 heteroatoms. The predicted molar refractivity (Wildman–Crippen MR) is 95.7 cm³/mol. The number of nitro groups is 1. The molecule has 3 rings (SSSR count). The Morgan fingerprint density at radius 2 is 2.04 bits per heavy atom. The van der Waals surface area contributed by atoms with E-state index in [0.717, 1.165) is 0 Å². The number of benzene rings is 1. The van der Waals surface area contributed by atoms with Crippen molar-refractivity contribution in [3.8, 4) is 6.07 Å². The summed E-state index contributed by atoms with van der Waals surface area (Å²) in [4.78, 5) is 24.2. The van der Waals surface area contributed by atoms with Gasteiger partial charge in [0.1, 0.15) is 5.92 Å². The molecule has 25 heavy (non-hydrogen) atoms. The third-order valence-corrected chi connectivity index (χ3v) is 5.08. The van der Waals surface area contributed by atoms with E-state index in [4.69, 9.17) is 12.2 Å². The fourth-order valence-electron chi connectivity index (χ4n) is 3.74. The van der Waals surface area contributed by atoms with Crippen molar-refractivity contribution < 1.29 is 9.72 Å². The number of hydrogen-bond donors (Lipinski definition) is 1. The SMILES string of the molecule is CC1(C)CC(=O)C2=C(C1)NC(=S)[C@H](C#N)[C@H]2c1ccccc1[N+](=O)[O-]. The van der Waals surface area contributed by atoms with Crippen LogP contribution in [0, 0.1) is 32.8 Å². The molecular formula is C18H17N3O3S. The van der Waals surface area contributed by atoms with E-state index in [-0.39, 0.29) is 16.9 Å². The highest BCUT2D eigenvalue weighted by Crippen LogP contribution is 2.47. The summed E-state index contributed by atoms with van der Waals surface area (Å²) in [5, 5.41) is 24.1. The summed E-state index contributed by atoms with van der Waals surface area (Å²) < 4.78 is 0. The predicted octanol–water partition coefficient (Wildman–Crippen LogP) is 3.39. The van der Waals surface area contributed by atoms with E-state index in [9.17, 15) is 20.2 Å². The zero-order valence-electron chi connectivity index (χ0n) is 13.9. The van der Waals surface area contributed by atoms with Crippen LogP contribution < -0.4 is 5.32 Å². The maximum atomic E-state index is 12.9. The van der Waals surface area contributed by atoms with E-state index in [2.05, 4.69) is 11.4 Å². The van der Waals surface area contributed by atoms with Crippen LogP contribution in [0.2, 0.25) is 0 Å². The average molecular weight is 355 g/mol. The van der Waals surface area contributed by atoms with Gasteiger partial charge < -0.3 is 5.32 Å². The first-order chi connectivity index (χ1) is 11.7. The standard InChI is InChI=1S/C18H17N3O3S/c1-18(2)7-12-16(14(22)8-18)15(11(9-19)17(25)20-12)10-5-3-4-6-13(10)21(23)24/h3-6,11,15H,7-8H2,1-2H3,(H,20,25)/t11-,15-/m1/s1. The summed E-state index contributed by atoms with van der Waals surface area (Å²) in [6.07, 6.45) is 0.957. The molecule has 1 aliphatic carbocycles. The second-order valence-electron chi connectivity index (χ2n) is 7.22. The number of Topliss-reactive ketones (excluding diaryl/α,β-unsaturated/α-hetero) is 1. The van der Waals surface area contributed by atoms with Gasteiger partial charge in [-0.2, -0.15) is 5.26 Å². The molecule has 2 atom stereocenters. The van der Waals surface area contributed by atoms with Gasteiger partial charge in [-0.1, -0.05) is 44.3 Å². The second kappa shape index (κ2) is 6.05. The van der Waals surface area contributed by atoms with Gasteiger partial charge in [0, 0.05) is 35.2 Å². The van der Waals surface area contributed by atoms with Crippen molar-refractivity contribution in [2.24, 2.45) is 11.3 Å². The Balaban J connectivity index is 2.25. The Labute approximate surface area is 150 Å². The maximum absolute atomic E-state index is 12.9. The molecule has 0 spiro atoms. The topological polar surface area (TPSA) is 96.0 Å². The van der Waals surface area contributed by atoms with E-state index in [1.54, 1.807) is 18.2 Å². The van der Waals surface area contributed by atoms with Gasteiger partial charge in [0.15, 0.2) is 5.78 Å². The lowest BCUT2D eigenvalue weighted by atomic mass is 9.67. The molecular weight excluding hydrogens is 338 g/mol. The van der Waals surface area contributed by atoms with Gasteiger partial charge in [-0.05, 0) is 11.8 Å². The molecule has 128 valence electrons. The Kier molecular flexibility index (Phi) is 4.17. The minimum absolute atomic E-state index is 0.0790. The number of nitrogens with one attached hydrogen (secondary N) is 1. The van der Waals surface area contributed by atoms with E-state index in [1.165, 1.54) is 6.07 Å².